The summed E-state index contributed by atoms with van der Waals surface area (Å²) in [4.78, 5) is 0. The monoisotopic (exact) mass is 590 g/mol. The number of aliphatic hydroxyl groups is 1. The van der Waals surface area contributed by atoms with Gasteiger partial charge in [0.2, 0.25) is 5.82 Å². The molecule has 2 fully saturated rings. The average molecular weight is 591 g/mol. The lowest BCUT2D eigenvalue weighted by molar-refractivity contribution is 0.160. The van der Waals surface area contributed by atoms with E-state index < -0.39 is 46.8 Å². The highest BCUT2D eigenvalue weighted by Crippen LogP contribution is 2.46. The van der Waals surface area contributed by atoms with E-state index in [0.29, 0.717) is 64.2 Å². The van der Waals surface area contributed by atoms with Crippen LogP contribution in [0.3, 0.4) is 0 Å². The molecule has 2 saturated carbocycles. The van der Waals surface area contributed by atoms with Crippen LogP contribution in [0.5, 0.6) is 5.75 Å². The van der Waals surface area contributed by atoms with Crippen molar-refractivity contribution in [1.82, 2.24) is 0 Å². The maximum atomic E-state index is 15.4. The minimum Gasteiger partial charge on any atom is -0.505 e. The molecule has 0 bridgehead atoms. The quantitative estimate of drug-likeness (QED) is 0.269. The first kappa shape index (κ1) is 30.5. The van der Waals surface area contributed by atoms with Gasteiger partial charge in [0.25, 0.3) is 0 Å². The third kappa shape index (κ3) is 5.79. The molecule has 226 valence electrons. The van der Waals surface area contributed by atoms with E-state index in [9.17, 15) is 27.8 Å². The summed E-state index contributed by atoms with van der Waals surface area (Å²) in [7, 11) is 0. The Kier molecular flexibility index (Phi) is 9.21. The van der Waals surface area contributed by atoms with E-state index in [1.807, 2.05) is 6.92 Å². The minimum absolute atomic E-state index is 0.0423. The van der Waals surface area contributed by atoms with Gasteiger partial charge >= 0.3 is 0 Å². The zero-order valence-electron chi connectivity index (χ0n) is 23.6. The van der Waals surface area contributed by atoms with Crippen LogP contribution in [0.25, 0.3) is 0 Å². The Morgan fingerprint density at radius 3 is 1.29 bits per heavy atom. The van der Waals surface area contributed by atoms with Crippen molar-refractivity contribution in [3.8, 4) is 5.75 Å². The molecule has 0 heterocycles. The Bertz CT molecular complexity index is 1420. The molecule has 2 N–H and O–H groups in total. The molecule has 0 amide bonds. The number of aliphatic hydroxyl groups excluding tert-OH is 1. The van der Waals surface area contributed by atoms with E-state index in [-0.39, 0.29) is 51.5 Å². The van der Waals surface area contributed by atoms with Gasteiger partial charge in [0.05, 0.1) is 6.10 Å². The fourth-order valence-electron chi connectivity index (χ4n) is 7.09. The molecular formula is C34H36F6O2. The Morgan fingerprint density at radius 2 is 0.881 bits per heavy atom. The van der Waals surface area contributed by atoms with Gasteiger partial charge in [-0.2, -0.15) is 4.39 Å². The third-order valence-corrected chi connectivity index (χ3v) is 9.51. The Labute approximate surface area is 242 Å². The summed E-state index contributed by atoms with van der Waals surface area (Å²) in [6.45, 7) is 1.85. The number of phenolic OH excluding ortho intramolecular Hbond substituents is 1. The van der Waals surface area contributed by atoms with Crippen LogP contribution in [-0.2, 0) is 0 Å². The fraction of sp³-hybridized carbons (Fsp3) is 0.471. The lowest BCUT2D eigenvalue weighted by Crippen LogP contribution is -2.18. The van der Waals surface area contributed by atoms with E-state index in [4.69, 9.17) is 0 Å². The molecule has 1 atom stereocenters. The molecule has 0 saturated heterocycles. The van der Waals surface area contributed by atoms with Crippen LogP contribution in [0.2, 0.25) is 0 Å². The van der Waals surface area contributed by atoms with Gasteiger partial charge in [0, 0.05) is 5.56 Å². The normalized spacial score (nSPS) is 23.6. The molecule has 0 aromatic heterocycles. The first-order chi connectivity index (χ1) is 20.1. The fourth-order valence-corrected chi connectivity index (χ4v) is 7.09. The molecule has 42 heavy (non-hydrogen) atoms. The van der Waals surface area contributed by atoms with Crippen LogP contribution in [0.1, 0.15) is 129 Å². The van der Waals surface area contributed by atoms with Crippen molar-refractivity contribution in [3.63, 3.8) is 0 Å². The molecule has 5 rings (SSSR count). The Balaban J connectivity index is 1.23. The lowest BCUT2D eigenvalue weighted by Gasteiger charge is -2.31. The second kappa shape index (κ2) is 12.7. The number of halogens is 6. The summed E-state index contributed by atoms with van der Waals surface area (Å²) < 4.78 is 88.6. The maximum absolute atomic E-state index is 15.4. The second-order valence-electron chi connectivity index (χ2n) is 11.9. The highest BCUT2D eigenvalue weighted by atomic mass is 19.2. The highest BCUT2D eigenvalue weighted by molar-refractivity contribution is 5.35. The van der Waals surface area contributed by atoms with Gasteiger partial charge in [0.15, 0.2) is 34.8 Å². The summed E-state index contributed by atoms with van der Waals surface area (Å²) in [5.41, 5.74) is 0.970. The van der Waals surface area contributed by atoms with E-state index >= 15 is 8.78 Å². The van der Waals surface area contributed by atoms with Crippen molar-refractivity contribution in [2.45, 2.75) is 101 Å². The van der Waals surface area contributed by atoms with E-state index in [0.717, 1.165) is 6.07 Å². The molecule has 1 unspecified atom stereocenters. The molecule has 3 aromatic rings. The van der Waals surface area contributed by atoms with Crippen molar-refractivity contribution in [2.24, 2.45) is 0 Å². The second-order valence-corrected chi connectivity index (χ2v) is 11.9. The molecule has 2 aliphatic carbocycles. The van der Waals surface area contributed by atoms with Gasteiger partial charge in [-0.05, 0) is 110 Å². The van der Waals surface area contributed by atoms with Crippen molar-refractivity contribution in [3.05, 3.63) is 99.1 Å². The zero-order valence-corrected chi connectivity index (χ0v) is 23.6. The first-order valence-electron chi connectivity index (χ1n) is 14.9. The zero-order chi connectivity index (χ0) is 30.1. The Morgan fingerprint density at radius 1 is 0.548 bits per heavy atom. The summed E-state index contributed by atoms with van der Waals surface area (Å²) in [6.07, 6.45) is 3.86. The summed E-state index contributed by atoms with van der Waals surface area (Å²) in [5, 5.41) is 19.5. The molecule has 2 aliphatic rings. The summed E-state index contributed by atoms with van der Waals surface area (Å²) >= 11 is 0. The van der Waals surface area contributed by atoms with Gasteiger partial charge < -0.3 is 10.2 Å². The molecule has 0 aliphatic heterocycles. The molecule has 0 radical (unpaired) electrons. The van der Waals surface area contributed by atoms with E-state index in [2.05, 4.69) is 0 Å². The molecule has 0 spiro atoms. The lowest BCUT2D eigenvalue weighted by atomic mass is 9.74. The Hall–Kier alpha value is -3.00. The maximum Gasteiger partial charge on any atom is 0.200 e. The first-order valence-corrected chi connectivity index (χ1v) is 14.9. The van der Waals surface area contributed by atoms with Gasteiger partial charge in [-0.25, -0.2) is 22.0 Å². The van der Waals surface area contributed by atoms with Gasteiger partial charge in [0.1, 0.15) is 0 Å². The predicted molar refractivity (Wildman–Crippen MR) is 149 cm³/mol. The largest absolute Gasteiger partial charge is 0.505 e. The summed E-state index contributed by atoms with van der Waals surface area (Å²) in [5.74, 6) is -7.81. The standard InChI is InChI=1S/C34H36F6O2/c1-2-3-27(41)26-15-14-24(31(37)33(26)39)20-6-4-18(5-7-20)22-12-13-23(30(36)29(22)35)19-8-10-21(11-9-19)25-16-17-28(42)34(40)32(25)38/h12-21,27,41-42H,2-11H2,1H3. The van der Waals surface area contributed by atoms with Crippen molar-refractivity contribution >= 4 is 0 Å². The molecule has 2 nitrogen and oxygen atoms in total. The van der Waals surface area contributed by atoms with Crippen molar-refractivity contribution < 1.29 is 36.6 Å². The van der Waals surface area contributed by atoms with Crippen LogP contribution >= 0.6 is 0 Å². The van der Waals surface area contributed by atoms with Crippen LogP contribution in [0, 0.1) is 34.9 Å². The third-order valence-electron chi connectivity index (χ3n) is 9.51. The highest BCUT2D eigenvalue weighted by Gasteiger charge is 2.32. The SMILES string of the molecule is CCCC(O)c1ccc(C2CCC(c3ccc(C4CCC(c5ccc(O)c(F)c5F)CC4)c(F)c3F)CC2)c(F)c1F. The predicted octanol–water partition coefficient (Wildman–Crippen LogP) is 9.94. The number of rotatable bonds is 7. The topological polar surface area (TPSA) is 40.5 Å². The van der Waals surface area contributed by atoms with Gasteiger partial charge in [-0.15, -0.1) is 0 Å². The van der Waals surface area contributed by atoms with Crippen molar-refractivity contribution in [1.29, 1.82) is 0 Å². The van der Waals surface area contributed by atoms with Crippen molar-refractivity contribution in [2.75, 3.05) is 0 Å². The number of hydrogen-bond acceptors (Lipinski definition) is 2. The number of benzene rings is 3. The number of aromatic hydroxyl groups is 1. The average Bonchev–Trinajstić information content (AvgIpc) is 2.99. The van der Waals surface area contributed by atoms with E-state index in [1.165, 1.54) is 18.2 Å². The van der Waals surface area contributed by atoms with Crippen LogP contribution in [0.4, 0.5) is 26.3 Å². The smallest absolute Gasteiger partial charge is 0.200 e. The van der Waals surface area contributed by atoms with Crippen LogP contribution in [-0.4, -0.2) is 10.2 Å². The molecule has 8 heteroatoms. The van der Waals surface area contributed by atoms with E-state index in [1.54, 1.807) is 12.1 Å². The van der Waals surface area contributed by atoms with Crippen LogP contribution in [0.15, 0.2) is 36.4 Å². The summed E-state index contributed by atoms with van der Waals surface area (Å²) in [6, 6.07) is 8.74. The van der Waals surface area contributed by atoms with Gasteiger partial charge in [-0.1, -0.05) is 43.7 Å². The number of hydrogen-bond donors (Lipinski definition) is 2. The number of phenols is 1. The molecular weight excluding hydrogens is 554 g/mol. The minimum atomic E-state index is -1.27. The molecule has 3 aromatic carbocycles. The van der Waals surface area contributed by atoms with Crippen LogP contribution < -0.4 is 0 Å². The van der Waals surface area contributed by atoms with Gasteiger partial charge in [-0.3, -0.25) is 0 Å².